The largest absolute Gasteiger partial charge is 0.452 e. The third-order valence-electron chi connectivity index (χ3n) is 4.18. The van der Waals surface area contributed by atoms with Crippen molar-refractivity contribution in [3.63, 3.8) is 0 Å². The van der Waals surface area contributed by atoms with Crippen LogP contribution in [0.2, 0.25) is 0 Å². The van der Waals surface area contributed by atoms with Gasteiger partial charge in [-0.15, -0.1) is 0 Å². The molecule has 0 saturated carbocycles. The fraction of sp³-hybridized carbons (Fsp3) is 0.304. The monoisotopic (exact) mass is 417 g/mol. The van der Waals surface area contributed by atoms with Crippen LogP contribution in [0.25, 0.3) is 11.6 Å². The summed E-state index contributed by atoms with van der Waals surface area (Å²) in [4.78, 5) is 24.7. The molecule has 5 nitrogen and oxygen atoms in total. The highest BCUT2D eigenvalue weighted by atomic mass is 19.3. The standard InChI is InChI=1S/C23H25F2NO4/c1-3-7-16(2)26-21(27)15-29-22(28)20(18-8-5-4-6-9-18)14-17-10-12-19(13-11-17)30-23(24)25/h4-6,8-14,16,23H,3,7,15H2,1-2H3,(H,26,27)/b20-14+. The van der Waals surface area contributed by atoms with Crippen LogP contribution in [-0.4, -0.2) is 31.1 Å². The number of halogens is 2. The molecule has 0 saturated heterocycles. The molecule has 0 aliphatic carbocycles. The van der Waals surface area contributed by atoms with Crippen molar-refractivity contribution in [3.8, 4) is 5.75 Å². The van der Waals surface area contributed by atoms with Crippen molar-refractivity contribution in [2.75, 3.05) is 6.61 Å². The number of ether oxygens (including phenoxy) is 2. The Balaban J connectivity index is 2.14. The smallest absolute Gasteiger partial charge is 0.387 e. The number of benzene rings is 2. The van der Waals surface area contributed by atoms with E-state index in [1.54, 1.807) is 42.5 Å². The molecule has 1 atom stereocenters. The lowest BCUT2D eigenvalue weighted by atomic mass is 10.0. The van der Waals surface area contributed by atoms with Crippen molar-refractivity contribution < 1.29 is 27.8 Å². The Morgan fingerprint density at radius 3 is 2.33 bits per heavy atom. The Labute approximate surface area is 174 Å². The summed E-state index contributed by atoms with van der Waals surface area (Å²) in [6, 6.07) is 14.7. The van der Waals surface area contributed by atoms with E-state index < -0.39 is 19.2 Å². The second-order valence-electron chi connectivity index (χ2n) is 6.70. The summed E-state index contributed by atoms with van der Waals surface area (Å²) in [6.07, 6.45) is 3.34. The van der Waals surface area contributed by atoms with Crippen molar-refractivity contribution in [2.45, 2.75) is 39.3 Å². The van der Waals surface area contributed by atoms with Gasteiger partial charge >= 0.3 is 12.6 Å². The molecular formula is C23H25F2NO4. The van der Waals surface area contributed by atoms with Crippen molar-refractivity contribution in [2.24, 2.45) is 0 Å². The summed E-state index contributed by atoms with van der Waals surface area (Å²) in [7, 11) is 0. The van der Waals surface area contributed by atoms with E-state index in [2.05, 4.69) is 10.1 Å². The number of carbonyl (C=O) groups excluding carboxylic acids is 2. The maximum absolute atomic E-state index is 12.7. The number of carbonyl (C=O) groups is 2. The Morgan fingerprint density at radius 1 is 1.07 bits per heavy atom. The molecule has 0 aliphatic rings. The van der Waals surface area contributed by atoms with E-state index in [9.17, 15) is 18.4 Å². The Morgan fingerprint density at radius 2 is 1.73 bits per heavy atom. The van der Waals surface area contributed by atoms with Gasteiger partial charge in [0.1, 0.15) is 5.75 Å². The number of nitrogens with one attached hydrogen (secondary N) is 1. The molecule has 2 aromatic carbocycles. The lowest BCUT2D eigenvalue weighted by Crippen LogP contribution is -2.35. The second-order valence-corrected chi connectivity index (χ2v) is 6.70. The minimum Gasteiger partial charge on any atom is -0.452 e. The predicted octanol–water partition coefficient (Wildman–Crippen LogP) is 4.68. The summed E-state index contributed by atoms with van der Waals surface area (Å²) in [5, 5.41) is 2.78. The SMILES string of the molecule is CCCC(C)NC(=O)COC(=O)/C(=C/c1ccc(OC(F)F)cc1)c1ccccc1. The molecule has 1 amide bonds. The van der Waals surface area contributed by atoms with E-state index in [-0.39, 0.29) is 23.3 Å². The van der Waals surface area contributed by atoms with Crippen LogP contribution in [0, 0.1) is 0 Å². The van der Waals surface area contributed by atoms with Gasteiger partial charge in [0.2, 0.25) is 0 Å². The van der Waals surface area contributed by atoms with Gasteiger partial charge in [0.05, 0.1) is 5.57 Å². The second kappa shape index (κ2) is 11.7. The van der Waals surface area contributed by atoms with E-state index in [4.69, 9.17) is 4.74 Å². The lowest BCUT2D eigenvalue weighted by Gasteiger charge is -2.13. The number of hydrogen-bond donors (Lipinski definition) is 1. The van der Waals surface area contributed by atoms with Gasteiger partial charge in [-0.05, 0) is 42.7 Å². The number of alkyl halides is 2. The van der Waals surface area contributed by atoms with Gasteiger partial charge in [0.25, 0.3) is 5.91 Å². The summed E-state index contributed by atoms with van der Waals surface area (Å²) >= 11 is 0. The number of rotatable bonds is 10. The van der Waals surface area contributed by atoms with Crippen molar-refractivity contribution in [1.29, 1.82) is 0 Å². The fourth-order valence-electron chi connectivity index (χ4n) is 2.82. The van der Waals surface area contributed by atoms with Gasteiger partial charge in [-0.25, -0.2) is 4.79 Å². The van der Waals surface area contributed by atoms with Crippen LogP contribution in [0.3, 0.4) is 0 Å². The highest BCUT2D eigenvalue weighted by Gasteiger charge is 2.16. The van der Waals surface area contributed by atoms with Crippen LogP contribution in [0.4, 0.5) is 8.78 Å². The van der Waals surface area contributed by atoms with Gasteiger partial charge in [-0.1, -0.05) is 55.8 Å². The molecule has 30 heavy (non-hydrogen) atoms. The highest BCUT2D eigenvalue weighted by Crippen LogP contribution is 2.22. The number of hydrogen-bond acceptors (Lipinski definition) is 4. The van der Waals surface area contributed by atoms with Crippen LogP contribution in [0.5, 0.6) is 5.75 Å². The van der Waals surface area contributed by atoms with Crippen LogP contribution < -0.4 is 10.1 Å². The van der Waals surface area contributed by atoms with Crippen LogP contribution in [-0.2, 0) is 14.3 Å². The molecule has 1 N–H and O–H groups in total. The normalized spacial score (nSPS) is 12.4. The molecule has 2 aromatic rings. The molecule has 0 radical (unpaired) electrons. The van der Waals surface area contributed by atoms with Gasteiger partial charge in [0, 0.05) is 6.04 Å². The molecule has 0 bridgehead atoms. The first-order chi connectivity index (χ1) is 14.4. The third kappa shape index (κ3) is 7.66. The molecule has 0 aromatic heterocycles. The minimum atomic E-state index is -2.91. The third-order valence-corrected chi connectivity index (χ3v) is 4.18. The summed E-state index contributed by atoms with van der Waals surface area (Å²) in [5.41, 5.74) is 1.44. The molecular weight excluding hydrogens is 392 g/mol. The summed E-state index contributed by atoms with van der Waals surface area (Å²) in [6.45, 7) is 0.608. The molecule has 0 fully saturated rings. The van der Waals surface area contributed by atoms with Crippen molar-refractivity contribution in [1.82, 2.24) is 5.32 Å². The van der Waals surface area contributed by atoms with E-state index >= 15 is 0 Å². The van der Waals surface area contributed by atoms with Crippen molar-refractivity contribution >= 4 is 23.5 Å². The van der Waals surface area contributed by atoms with Crippen LogP contribution >= 0.6 is 0 Å². The summed E-state index contributed by atoms with van der Waals surface area (Å²) in [5.74, 6) is -1.01. The zero-order chi connectivity index (χ0) is 21.9. The number of esters is 1. The minimum absolute atomic E-state index is 0.000638. The first kappa shape index (κ1) is 23.1. The van der Waals surface area contributed by atoms with Crippen molar-refractivity contribution in [3.05, 3.63) is 65.7 Å². The highest BCUT2D eigenvalue weighted by molar-refractivity contribution is 6.21. The summed E-state index contributed by atoms with van der Waals surface area (Å²) < 4.78 is 34.1. The quantitative estimate of drug-likeness (QED) is 0.346. The van der Waals surface area contributed by atoms with E-state index in [1.165, 1.54) is 12.1 Å². The van der Waals surface area contributed by atoms with E-state index in [0.717, 1.165) is 12.8 Å². The van der Waals surface area contributed by atoms with Gasteiger partial charge in [-0.3, -0.25) is 4.79 Å². The molecule has 0 spiro atoms. The van der Waals surface area contributed by atoms with Gasteiger partial charge in [0.15, 0.2) is 6.61 Å². The van der Waals surface area contributed by atoms with E-state index in [1.807, 2.05) is 19.9 Å². The fourth-order valence-corrected chi connectivity index (χ4v) is 2.82. The Bertz CT molecular complexity index is 851. The zero-order valence-electron chi connectivity index (χ0n) is 16.9. The van der Waals surface area contributed by atoms with Gasteiger partial charge < -0.3 is 14.8 Å². The molecule has 2 rings (SSSR count). The topological polar surface area (TPSA) is 64.6 Å². The first-order valence-electron chi connectivity index (χ1n) is 9.67. The number of amides is 1. The molecule has 1 unspecified atom stereocenters. The maximum atomic E-state index is 12.7. The van der Waals surface area contributed by atoms with Gasteiger partial charge in [-0.2, -0.15) is 8.78 Å². The zero-order valence-corrected chi connectivity index (χ0v) is 16.9. The average molecular weight is 417 g/mol. The maximum Gasteiger partial charge on any atom is 0.387 e. The molecule has 7 heteroatoms. The van der Waals surface area contributed by atoms with Crippen LogP contribution in [0.15, 0.2) is 54.6 Å². The Kier molecular flexibility index (Phi) is 9.00. The molecule has 160 valence electrons. The average Bonchev–Trinajstić information content (AvgIpc) is 2.72. The first-order valence-corrected chi connectivity index (χ1v) is 9.67. The lowest BCUT2D eigenvalue weighted by molar-refractivity contribution is -0.143. The van der Waals surface area contributed by atoms with Crippen LogP contribution in [0.1, 0.15) is 37.8 Å². The molecule has 0 aliphatic heterocycles. The predicted molar refractivity (Wildman–Crippen MR) is 111 cm³/mol. The molecule has 0 heterocycles. The Hall–Kier alpha value is -3.22. The van der Waals surface area contributed by atoms with E-state index in [0.29, 0.717) is 11.1 Å².